The molecule has 2 N–H and O–H groups in total. The van der Waals surface area contributed by atoms with Gasteiger partial charge in [0.1, 0.15) is 6.04 Å². The third kappa shape index (κ3) is 2.55. The molecule has 92 valence electrons. The van der Waals surface area contributed by atoms with Gasteiger partial charge in [0.25, 0.3) is 0 Å². The van der Waals surface area contributed by atoms with Crippen molar-refractivity contribution in [1.29, 1.82) is 0 Å². The molecular formula is C12H22N2O2. The molecule has 1 saturated carbocycles. The van der Waals surface area contributed by atoms with Crippen LogP contribution in [0.2, 0.25) is 0 Å². The second kappa shape index (κ2) is 5.15. The maximum absolute atomic E-state index is 11.6. The number of esters is 1. The SMILES string of the molecule is COC(=O)C1CCCN1CC1CCC(N)C1. The molecule has 3 unspecified atom stereocenters. The molecule has 1 aliphatic carbocycles. The summed E-state index contributed by atoms with van der Waals surface area (Å²) in [7, 11) is 1.48. The van der Waals surface area contributed by atoms with Crippen molar-refractivity contribution in [3.8, 4) is 0 Å². The van der Waals surface area contributed by atoms with Crippen LogP contribution >= 0.6 is 0 Å². The van der Waals surface area contributed by atoms with Crippen LogP contribution < -0.4 is 5.73 Å². The number of rotatable bonds is 3. The highest BCUT2D eigenvalue weighted by atomic mass is 16.5. The van der Waals surface area contributed by atoms with Crippen LogP contribution in [0.5, 0.6) is 0 Å². The number of carbonyl (C=O) groups excluding carboxylic acids is 1. The molecule has 3 atom stereocenters. The second-order valence-corrected chi connectivity index (χ2v) is 5.12. The van der Waals surface area contributed by atoms with Crippen molar-refractivity contribution in [3.63, 3.8) is 0 Å². The summed E-state index contributed by atoms with van der Waals surface area (Å²) in [5.41, 5.74) is 5.91. The topological polar surface area (TPSA) is 55.6 Å². The molecule has 1 aliphatic heterocycles. The van der Waals surface area contributed by atoms with Crippen LogP contribution in [0.15, 0.2) is 0 Å². The van der Waals surface area contributed by atoms with E-state index in [0.717, 1.165) is 38.8 Å². The highest BCUT2D eigenvalue weighted by Crippen LogP contribution is 2.28. The fourth-order valence-electron chi connectivity index (χ4n) is 3.06. The van der Waals surface area contributed by atoms with Crippen LogP contribution in [0.4, 0.5) is 0 Å². The minimum Gasteiger partial charge on any atom is -0.468 e. The third-order valence-corrected chi connectivity index (χ3v) is 3.91. The summed E-state index contributed by atoms with van der Waals surface area (Å²) in [4.78, 5) is 13.9. The van der Waals surface area contributed by atoms with Crippen molar-refractivity contribution >= 4 is 5.97 Å². The lowest BCUT2D eigenvalue weighted by Crippen LogP contribution is -2.39. The number of methoxy groups -OCH3 is 1. The Kier molecular flexibility index (Phi) is 3.82. The fraction of sp³-hybridized carbons (Fsp3) is 0.917. The van der Waals surface area contributed by atoms with Gasteiger partial charge in [-0.15, -0.1) is 0 Å². The van der Waals surface area contributed by atoms with E-state index in [9.17, 15) is 4.79 Å². The maximum Gasteiger partial charge on any atom is 0.323 e. The van der Waals surface area contributed by atoms with Gasteiger partial charge in [0.15, 0.2) is 0 Å². The van der Waals surface area contributed by atoms with Gasteiger partial charge in [0.05, 0.1) is 7.11 Å². The van der Waals surface area contributed by atoms with E-state index >= 15 is 0 Å². The molecule has 1 heterocycles. The number of nitrogens with two attached hydrogens (primary N) is 1. The number of nitrogens with zero attached hydrogens (tertiary/aromatic N) is 1. The van der Waals surface area contributed by atoms with E-state index in [1.54, 1.807) is 0 Å². The Balaban J connectivity index is 1.86. The fourth-order valence-corrected chi connectivity index (χ4v) is 3.06. The Morgan fingerprint density at radius 1 is 1.44 bits per heavy atom. The Labute approximate surface area is 97.1 Å². The van der Waals surface area contributed by atoms with Gasteiger partial charge < -0.3 is 10.5 Å². The molecule has 4 heteroatoms. The summed E-state index contributed by atoms with van der Waals surface area (Å²) in [6.45, 7) is 2.05. The zero-order valence-electron chi connectivity index (χ0n) is 10.0. The van der Waals surface area contributed by atoms with E-state index in [4.69, 9.17) is 10.5 Å². The molecule has 0 spiro atoms. The number of ether oxygens (including phenoxy) is 1. The molecule has 0 aromatic heterocycles. The molecule has 2 rings (SSSR count). The second-order valence-electron chi connectivity index (χ2n) is 5.12. The lowest BCUT2D eigenvalue weighted by molar-refractivity contribution is -0.146. The van der Waals surface area contributed by atoms with Gasteiger partial charge in [-0.1, -0.05) is 0 Å². The Hall–Kier alpha value is -0.610. The number of likely N-dealkylation sites (tertiary alicyclic amines) is 1. The van der Waals surface area contributed by atoms with Gasteiger partial charge in [-0.2, -0.15) is 0 Å². The van der Waals surface area contributed by atoms with Gasteiger partial charge in [-0.25, -0.2) is 0 Å². The van der Waals surface area contributed by atoms with Crippen molar-refractivity contribution in [2.45, 2.75) is 44.2 Å². The highest BCUT2D eigenvalue weighted by Gasteiger charge is 2.34. The van der Waals surface area contributed by atoms with Gasteiger partial charge in [-0.3, -0.25) is 9.69 Å². The first-order valence-electron chi connectivity index (χ1n) is 6.28. The predicted molar refractivity (Wildman–Crippen MR) is 61.9 cm³/mol. The molecular weight excluding hydrogens is 204 g/mol. The van der Waals surface area contributed by atoms with Gasteiger partial charge >= 0.3 is 5.97 Å². The predicted octanol–water partition coefficient (Wildman–Crippen LogP) is 0.751. The van der Waals surface area contributed by atoms with Crippen molar-refractivity contribution in [3.05, 3.63) is 0 Å². The average molecular weight is 226 g/mol. The van der Waals surface area contributed by atoms with Crippen LogP contribution in [-0.2, 0) is 9.53 Å². The summed E-state index contributed by atoms with van der Waals surface area (Å²) < 4.78 is 4.84. The molecule has 0 amide bonds. The summed E-state index contributed by atoms with van der Waals surface area (Å²) in [5.74, 6) is 0.611. The maximum atomic E-state index is 11.6. The zero-order chi connectivity index (χ0) is 11.5. The van der Waals surface area contributed by atoms with Crippen molar-refractivity contribution < 1.29 is 9.53 Å². The zero-order valence-corrected chi connectivity index (χ0v) is 10.0. The average Bonchev–Trinajstić information content (AvgIpc) is 2.87. The largest absolute Gasteiger partial charge is 0.468 e. The third-order valence-electron chi connectivity index (χ3n) is 3.91. The first kappa shape index (κ1) is 11.9. The summed E-state index contributed by atoms with van der Waals surface area (Å²) in [6.07, 6.45) is 5.53. The lowest BCUT2D eigenvalue weighted by atomic mass is 10.1. The Morgan fingerprint density at radius 3 is 2.88 bits per heavy atom. The number of carbonyl (C=O) groups is 1. The van der Waals surface area contributed by atoms with E-state index in [-0.39, 0.29) is 12.0 Å². The minimum absolute atomic E-state index is 0.00169. The summed E-state index contributed by atoms with van der Waals surface area (Å²) >= 11 is 0. The standard InChI is InChI=1S/C12H22N2O2/c1-16-12(15)11-3-2-6-14(11)8-9-4-5-10(13)7-9/h9-11H,2-8,13H2,1H3. The quantitative estimate of drug-likeness (QED) is 0.722. The van der Waals surface area contributed by atoms with Gasteiger partial charge in [0, 0.05) is 12.6 Å². The highest BCUT2D eigenvalue weighted by molar-refractivity contribution is 5.75. The first-order chi connectivity index (χ1) is 7.70. The van der Waals surface area contributed by atoms with E-state index in [1.165, 1.54) is 13.5 Å². The summed E-state index contributed by atoms with van der Waals surface area (Å²) in [6, 6.07) is 0.381. The van der Waals surface area contributed by atoms with Crippen LogP contribution in [0.1, 0.15) is 32.1 Å². The minimum atomic E-state index is -0.0696. The number of hydrogen-bond donors (Lipinski definition) is 1. The summed E-state index contributed by atoms with van der Waals surface area (Å²) in [5, 5.41) is 0. The van der Waals surface area contributed by atoms with Crippen molar-refractivity contribution in [1.82, 2.24) is 4.90 Å². The van der Waals surface area contributed by atoms with Crippen molar-refractivity contribution in [2.24, 2.45) is 11.7 Å². The van der Waals surface area contributed by atoms with E-state index in [1.807, 2.05) is 0 Å². The van der Waals surface area contributed by atoms with E-state index < -0.39 is 0 Å². The molecule has 0 radical (unpaired) electrons. The molecule has 0 aromatic rings. The molecule has 4 nitrogen and oxygen atoms in total. The number of hydrogen-bond acceptors (Lipinski definition) is 4. The Morgan fingerprint density at radius 2 is 2.25 bits per heavy atom. The lowest BCUT2D eigenvalue weighted by Gasteiger charge is -2.25. The molecule has 2 aliphatic rings. The smallest absolute Gasteiger partial charge is 0.323 e. The van der Waals surface area contributed by atoms with Gasteiger partial charge in [-0.05, 0) is 44.6 Å². The molecule has 16 heavy (non-hydrogen) atoms. The molecule has 2 fully saturated rings. The molecule has 1 saturated heterocycles. The monoisotopic (exact) mass is 226 g/mol. The Bertz CT molecular complexity index is 257. The van der Waals surface area contributed by atoms with Crippen molar-refractivity contribution in [2.75, 3.05) is 20.2 Å². The van der Waals surface area contributed by atoms with E-state index in [2.05, 4.69) is 4.90 Å². The first-order valence-corrected chi connectivity index (χ1v) is 6.28. The molecule has 0 aromatic carbocycles. The van der Waals surface area contributed by atoms with Crippen LogP contribution in [0.3, 0.4) is 0 Å². The van der Waals surface area contributed by atoms with Gasteiger partial charge in [0.2, 0.25) is 0 Å². The van der Waals surface area contributed by atoms with Crippen LogP contribution in [0, 0.1) is 5.92 Å². The molecule has 0 bridgehead atoms. The van der Waals surface area contributed by atoms with Crippen LogP contribution in [-0.4, -0.2) is 43.2 Å². The van der Waals surface area contributed by atoms with E-state index in [0.29, 0.717) is 12.0 Å². The van der Waals surface area contributed by atoms with Crippen LogP contribution in [0.25, 0.3) is 0 Å². The normalized spacial score (nSPS) is 35.5.